The van der Waals surface area contributed by atoms with E-state index >= 15 is 0 Å². The van der Waals surface area contributed by atoms with E-state index in [9.17, 15) is 0 Å². The van der Waals surface area contributed by atoms with Crippen LogP contribution in [0.3, 0.4) is 0 Å². The molecular weight excluding hydrogens is 258 g/mol. The van der Waals surface area contributed by atoms with Crippen molar-refractivity contribution >= 4 is 0 Å². The van der Waals surface area contributed by atoms with Crippen LogP contribution in [0.4, 0.5) is 0 Å². The first kappa shape index (κ1) is 19.9. The van der Waals surface area contributed by atoms with Gasteiger partial charge in [0, 0.05) is 11.7 Å². The van der Waals surface area contributed by atoms with Crippen molar-refractivity contribution in [3.8, 4) is 0 Å². The Morgan fingerprint density at radius 3 is 2.24 bits per heavy atom. The number of likely N-dealkylation sites (tertiary alicyclic amines) is 1. The lowest BCUT2D eigenvalue weighted by atomic mass is 10.0. The lowest BCUT2D eigenvalue weighted by Gasteiger charge is -2.28. The fraction of sp³-hybridized carbons (Fsp3) is 0.667. The van der Waals surface area contributed by atoms with Gasteiger partial charge in [-0.15, -0.1) is 0 Å². The average molecular weight is 293 g/mol. The normalized spacial score (nSPS) is 18.2. The Kier molecular flexibility index (Phi) is 11.0. The third-order valence-corrected chi connectivity index (χ3v) is 4.01. The number of piperidine rings is 1. The van der Waals surface area contributed by atoms with Crippen molar-refractivity contribution in [2.75, 3.05) is 27.2 Å². The number of rotatable bonds is 5. The van der Waals surface area contributed by atoms with Gasteiger partial charge in [-0.05, 0) is 77.6 Å². The molecule has 0 aromatic rings. The van der Waals surface area contributed by atoms with Gasteiger partial charge < -0.3 is 15.5 Å². The van der Waals surface area contributed by atoms with E-state index in [-0.39, 0.29) is 0 Å². The van der Waals surface area contributed by atoms with E-state index in [4.69, 9.17) is 0 Å². The lowest BCUT2D eigenvalue weighted by molar-refractivity contribution is 0.240. The predicted octanol–water partition coefficient (Wildman–Crippen LogP) is 3.53. The van der Waals surface area contributed by atoms with E-state index in [2.05, 4.69) is 63.1 Å². The van der Waals surface area contributed by atoms with Crippen molar-refractivity contribution in [2.45, 2.75) is 46.6 Å². The largest absolute Gasteiger partial charge is 0.362 e. The first-order valence-corrected chi connectivity index (χ1v) is 8.02. The minimum absolute atomic E-state index is 0.573. The van der Waals surface area contributed by atoms with Crippen molar-refractivity contribution < 1.29 is 0 Å². The van der Waals surface area contributed by atoms with Crippen LogP contribution in [0.25, 0.3) is 0 Å². The molecule has 1 rings (SSSR count). The van der Waals surface area contributed by atoms with Crippen molar-refractivity contribution in [3.05, 3.63) is 36.2 Å². The maximum absolute atomic E-state index is 3.65. The van der Waals surface area contributed by atoms with Crippen LogP contribution in [-0.2, 0) is 0 Å². The Bertz CT molecular complexity index is 334. The summed E-state index contributed by atoms with van der Waals surface area (Å²) in [4.78, 5) is 2.38. The second kappa shape index (κ2) is 11.6. The summed E-state index contributed by atoms with van der Waals surface area (Å²) in [5.41, 5.74) is 2.51. The number of allylic oxidation sites excluding steroid dienone is 3. The summed E-state index contributed by atoms with van der Waals surface area (Å²) in [5, 5.41) is 6.42. The molecule has 0 saturated carbocycles. The zero-order valence-corrected chi connectivity index (χ0v) is 14.9. The van der Waals surface area contributed by atoms with Crippen LogP contribution in [0.5, 0.6) is 0 Å². The highest BCUT2D eigenvalue weighted by molar-refractivity contribution is 5.24. The summed E-state index contributed by atoms with van der Waals surface area (Å²) in [7, 11) is 4.24. The molecule has 122 valence electrons. The molecular formula is C18H35N3. The molecule has 0 aliphatic carbocycles. The van der Waals surface area contributed by atoms with Gasteiger partial charge in [-0.2, -0.15) is 0 Å². The summed E-state index contributed by atoms with van der Waals surface area (Å²) in [6.45, 7) is 14.7. The van der Waals surface area contributed by atoms with Gasteiger partial charge in [0.1, 0.15) is 0 Å². The van der Waals surface area contributed by atoms with Crippen LogP contribution in [0.1, 0.15) is 40.5 Å². The van der Waals surface area contributed by atoms with Gasteiger partial charge in [0.2, 0.25) is 0 Å². The molecule has 0 amide bonds. The van der Waals surface area contributed by atoms with Crippen LogP contribution in [0.2, 0.25) is 0 Å². The quantitative estimate of drug-likeness (QED) is 0.759. The van der Waals surface area contributed by atoms with Gasteiger partial charge >= 0.3 is 0 Å². The molecule has 2 N–H and O–H groups in total. The Labute approximate surface area is 132 Å². The minimum Gasteiger partial charge on any atom is -0.362 e. The standard InChI is InChI=1S/C11H19N.C7H16N2/c1-6-8-11(12-7-2)10(5)9(3)4;1-8-7-3-5-9(2)6-4-7/h6-9,12H,2H2,1,3-5H3;7-8H,3-6H2,1-2H3/b8-6-,11-10+;. The molecule has 0 aromatic carbocycles. The number of nitrogens with zero attached hydrogens (tertiary/aromatic N) is 1. The Morgan fingerprint density at radius 2 is 1.86 bits per heavy atom. The summed E-state index contributed by atoms with van der Waals surface area (Å²) in [6, 6.07) is 0.779. The van der Waals surface area contributed by atoms with Gasteiger partial charge in [0.25, 0.3) is 0 Å². The van der Waals surface area contributed by atoms with Gasteiger partial charge in [-0.1, -0.05) is 26.5 Å². The molecule has 1 aliphatic heterocycles. The highest BCUT2D eigenvalue weighted by Gasteiger charge is 2.13. The van der Waals surface area contributed by atoms with Gasteiger partial charge in [-0.25, -0.2) is 0 Å². The second-order valence-corrected chi connectivity index (χ2v) is 5.97. The lowest BCUT2D eigenvalue weighted by Crippen LogP contribution is -2.39. The molecule has 0 radical (unpaired) electrons. The van der Waals surface area contributed by atoms with Crippen LogP contribution in [0.15, 0.2) is 36.2 Å². The molecule has 1 fully saturated rings. The van der Waals surface area contributed by atoms with E-state index in [1.54, 1.807) is 6.20 Å². The summed E-state index contributed by atoms with van der Waals surface area (Å²) >= 11 is 0. The van der Waals surface area contributed by atoms with Gasteiger partial charge in [-0.3, -0.25) is 0 Å². The van der Waals surface area contributed by atoms with E-state index in [1.807, 2.05) is 13.0 Å². The maximum Gasteiger partial charge on any atom is 0.0367 e. The molecule has 0 bridgehead atoms. The number of nitrogens with one attached hydrogen (secondary N) is 2. The number of hydrogen-bond donors (Lipinski definition) is 2. The molecule has 0 spiro atoms. The zero-order chi connectivity index (χ0) is 16.3. The zero-order valence-electron chi connectivity index (χ0n) is 14.9. The van der Waals surface area contributed by atoms with E-state index in [1.165, 1.54) is 31.5 Å². The average Bonchev–Trinajstić information content (AvgIpc) is 2.47. The monoisotopic (exact) mass is 293 g/mol. The molecule has 1 aliphatic rings. The second-order valence-electron chi connectivity index (χ2n) is 5.97. The molecule has 3 nitrogen and oxygen atoms in total. The van der Waals surface area contributed by atoms with Crippen LogP contribution < -0.4 is 10.6 Å². The number of hydrogen-bond acceptors (Lipinski definition) is 3. The van der Waals surface area contributed by atoms with Gasteiger partial charge in [0.15, 0.2) is 0 Å². The topological polar surface area (TPSA) is 27.3 Å². The SMILES string of the molecule is C=CNC(/C=C\C)=C(\C)C(C)C.CNC1CCN(C)CC1. The first-order chi connectivity index (χ1) is 9.96. The summed E-state index contributed by atoms with van der Waals surface area (Å²) < 4.78 is 0. The van der Waals surface area contributed by atoms with Crippen molar-refractivity contribution in [1.82, 2.24) is 15.5 Å². The van der Waals surface area contributed by atoms with E-state index in [0.717, 1.165) is 11.7 Å². The molecule has 1 saturated heterocycles. The molecule has 0 aromatic heterocycles. The van der Waals surface area contributed by atoms with Crippen molar-refractivity contribution in [2.24, 2.45) is 5.92 Å². The van der Waals surface area contributed by atoms with Crippen LogP contribution >= 0.6 is 0 Å². The van der Waals surface area contributed by atoms with Crippen molar-refractivity contribution in [3.63, 3.8) is 0 Å². The van der Waals surface area contributed by atoms with Crippen LogP contribution in [0, 0.1) is 5.92 Å². The summed E-state index contributed by atoms with van der Waals surface area (Å²) in [6.07, 6.45) is 8.43. The highest BCUT2D eigenvalue weighted by Crippen LogP contribution is 2.13. The van der Waals surface area contributed by atoms with Gasteiger partial charge in [0.05, 0.1) is 0 Å². The highest BCUT2D eigenvalue weighted by atomic mass is 15.1. The first-order valence-electron chi connectivity index (χ1n) is 8.02. The third-order valence-electron chi connectivity index (χ3n) is 4.01. The molecule has 1 heterocycles. The third kappa shape index (κ3) is 8.74. The summed E-state index contributed by atoms with van der Waals surface area (Å²) in [5.74, 6) is 0.573. The van der Waals surface area contributed by atoms with Crippen LogP contribution in [-0.4, -0.2) is 38.1 Å². The molecule has 0 atom stereocenters. The Balaban J connectivity index is 0.000000394. The van der Waals surface area contributed by atoms with E-state index < -0.39 is 0 Å². The van der Waals surface area contributed by atoms with Crippen molar-refractivity contribution in [1.29, 1.82) is 0 Å². The fourth-order valence-corrected chi connectivity index (χ4v) is 2.18. The molecule has 0 unspecified atom stereocenters. The fourth-order valence-electron chi connectivity index (χ4n) is 2.18. The Hall–Kier alpha value is -1.06. The predicted molar refractivity (Wildman–Crippen MR) is 95.3 cm³/mol. The molecule has 3 heteroatoms. The smallest absolute Gasteiger partial charge is 0.0367 e. The maximum atomic E-state index is 3.65. The Morgan fingerprint density at radius 1 is 1.29 bits per heavy atom. The molecule has 21 heavy (non-hydrogen) atoms. The van der Waals surface area contributed by atoms with E-state index in [0.29, 0.717) is 5.92 Å². The minimum atomic E-state index is 0.573.